The van der Waals surface area contributed by atoms with Crippen LogP contribution in [0.5, 0.6) is 0 Å². The first-order valence-electron chi connectivity index (χ1n) is 7.08. The van der Waals surface area contributed by atoms with Gasteiger partial charge in [0, 0.05) is 16.1 Å². The zero-order valence-electron chi connectivity index (χ0n) is 11.7. The summed E-state index contributed by atoms with van der Waals surface area (Å²) in [5.74, 6) is -0.0316. The number of amides is 1. The third-order valence-corrected chi connectivity index (χ3v) is 4.60. The number of benzene rings is 2. The van der Waals surface area contributed by atoms with Gasteiger partial charge >= 0.3 is 0 Å². The van der Waals surface area contributed by atoms with Crippen molar-refractivity contribution >= 4 is 34.6 Å². The van der Waals surface area contributed by atoms with E-state index in [9.17, 15) is 4.79 Å². The van der Waals surface area contributed by atoms with Gasteiger partial charge in [-0.2, -0.15) is 0 Å². The molecule has 0 unspecified atom stereocenters. The fraction of sp³-hybridized carbons (Fsp3) is 0. The van der Waals surface area contributed by atoms with Crippen molar-refractivity contribution in [2.24, 2.45) is 0 Å². The lowest BCUT2D eigenvalue weighted by Crippen LogP contribution is -2.03. The molecule has 1 aliphatic rings. The highest BCUT2D eigenvalue weighted by Gasteiger charge is 2.23. The molecule has 0 atom stereocenters. The Kier molecular flexibility index (Phi) is 3.13. The number of hydrogen-bond acceptors (Lipinski definition) is 2. The number of hydrogen-bond donors (Lipinski definition) is 1. The van der Waals surface area contributed by atoms with Crippen LogP contribution in [0.2, 0.25) is 0 Å². The van der Waals surface area contributed by atoms with E-state index in [-0.39, 0.29) is 5.91 Å². The topological polar surface area (TPSA) is 29.1 Å². The van der Waals surface area contributed by atoms with Crippen LogP contribution in [0.15, 0.2) is 66.0 Å². The van der Waals surface area contributed by atoms with Crippen molar-refractivity contribution in [3.8, 4) is 11.1 Å². The van der Waals surface area contributed by atoms with Crippen LogP contribution in [0.3, 0.4) is 0 Å². The lowest BCUT2D eigenvalue weighted by atomic mass is 10.1. The summed E-state index contributed by atoms with van der Waals surface area (Å²) in [6, 6.07) is 20.2. The molecule has 22 heavy (non-hydrogen) atoms. The number of para-hydroxylation sites is 1. The molecular formula is C19H13NOS. The van der Waals surface area contributed by atoms with Crippen LogP contribution in [-0.2, 0) is 4.79 Å². The van der Waals surface area contributed by atoms with E-state index in [1.54, 1.807) is 11.3 Å². The Labute approximate surface area is 132 Å². The first kappa shape index (κ1) is 13.0. The second-order valence-corrected chi connectivity index (χ2v) is 6.10. The quantitative estimate of drug-likeness (QED) is 0.670. The third kappa shape index (κ3) is 2.26. The van der Waals surface area contributed by atoms with Gasteiger partial charge in [-0.3, -0.25) is 4.79 Å². The molecular weight excluding hydrogens is 290 g/mol. The number of fused-ring (bicyclic) bond motifs is 1. The summed E-state index contributed by atoms with van der Waals surface area (Å²) in [7, 11) is 0. The van der Waals surface area contributed by atoms with Gasteiger partial charge in [0.25, 0.3) is 5.91 Å². The molecule has 1 aromatic heterocycles. The Morgan fingerprint density at radius 3 is 2.55 bits per heavy atom. The Bertz CT molecular complexity index is 877. The summed E-state index contributed by atoms with van der Waals surface area (Å²) in [6.07, 6.45) is 1.97. The number of anilines is 1. The number of carbonyl (C=O) groups is 1. The van der Waals surface area contributed by atoms with Crippen LogP contribution >= 0.6 is 11.3 Å². The van der Waals surface area contributed by atoms with Gasteiger partial charge in [0.2, 0.25) is 0 Å². The minimum Gasteiger partial charge on any atom is -0.321 e. The summed E-state index contributed by atoms with van der Waals surface area (Å²) in [5, 5.41) is 5.03. The van der Waals surface area contributed by atoms with Gasteiger partial charge < -0.3 is 5.32 Å². The summed E-state index contributed by atoms with van der Waals surface area (Å²) in [6.45, 7) is 0. The van der Waals surface area contributed by atoms with Gasteiger partial charge in [0.1, 0.15) is 0 Å². The Hall–Kier alpha value is -2.65. The van der Waals surface area contributed by atoms with Crippen molar-refractivity contribution in [1.29, 1.82) is 0 Å². The molecule has 0 aliphatic carbocycles. The molecule has 0 saturated heterocycles. The predicted octanol–water partition coefficient (Wildman–Crippen LogP) is 4.91. The van der Waals surface area contributed by atoms with Crippen molar-refractivity contribution < 1.29 is 4.79 Å². The Morgan fingerprint density at radius 2 is 1.68 bits per heavy atom. The molecule has 1 N–H and O–H groups in total. The first-order chi connectivity index (χ1) is 10.8. The molecule has 2 heterocycles. The van der Waals surface area contributed by atoms with E-state index in [2.05, 4.69) is 28.9 Å². The van der Waals surface area contributed by atoms with Crippen LogP contribution in [0.4, 0.5) is 5.69 Å². The van der Waals surface area contributed by atoms with Crippen molar-refractivity contribution in [3.05, 3.63) is 76.5 Å². The second kappa shape index (κ2) is 5.28. The minimum atomic E-state index is -0.0316. The highest BCUT2D eigenvalue weighted by atomic mass is 32.1. The summed E-state index contributed by atoms with van der Waals surface area (Å²) in [5.41, 5.74) is 4.97. The molecule has 3 heteroatoms. The van der Waals surface area contributed by atoms with Gasteiger partial charge in [0.05, 0.1) is 5.57 Å². The molecule has 2 nitrogen and oxygen atoms in total. The molecule has 0 bridgehead atoms. The molecule has 0 spiro atoms. The molecule has 3 aromatic rings. The molecule has 2 aromatic carbocycles. The largest absolute Gasteiger partial charge is 0.321 e. The minimum absolute atomic E-state index is 0.0316. The van der Waals surface area contributed by atoms with Gasteiger partial charge in [0.15, 0.2) is 0 Å². The predicted molar refractivity (Wildman–Crippen MR) is 92.7 cm³/mol. The highest BCUT2D eigenvalue weighted by molar-refractivity contribution is 7.11. The Morgan fingerprint density at radius 1 is 0.909 bits per heavy atom. The average Bonchev–Trinajstić information content (AvgIpc) is 3.14. The van der Waals surface area contributed by atoms with Crippen molar-refractivity contribution in [2.75, 3.05) is 5.32 Å². The first-order valence-corrected chi connectivity index (χ1v) is 7.96. The van der Waals surface area contributed by atoms with Crippen molar-refractivity contribution in [3.63, 3.8) is 0 Å². The molecule has 1 aliphatic heterocycles. The average molecular weight is 303 g/mol. The number of carbonyl (C=O) groups excluding carboxylic acids is 1. The number of thiophene rings is 1. The molecule has 0 fully saturated rings. The normalized spacial score (nSPS) is 14.9. The zero-order chi connectivity index (χ0) is 14.9. The second-order valence-electron chi connectivity index (χ2n) is 5.16. The van der Waals surface area contributed by atoms with Crippen LogP contribution in [-0.4, -0.2) is 5.91 Å². The molecule has 0 saturated carbocycles. The maximum Gasteiger partial charge on any atom is 0.256 e. The molecule has 106 valence electrons. The molecule has 1 amide bonds. The summed E-state index contributed by atoms with van der Waals surface area (Å²) < 4.78 is 0. The van der Waals surface area contributed by atoms with Gasteiger partial charge in [-0.1, -0.05) is 48.5 Å². The lowest BCUT2D eigenvalue weighted by molar-refractivity contribution is -0.110. The van der Waals surface area contributed by atoms with Crippen molar-refractivity contribution in [1.82, 2.24) is 0 Å². The third-order valence-electron chi connectivity index (χ3n) is 3.72. The van der Waals surface area contributed by atoms with E-state index < -0.39 is 0 Å². The zero-order valence-corrected chi connectivity index (χ0v) is 12.6. The maximum atomic E-state index is 12.1. The van der Waals surface area contributed by atoms with Crippen LogP contribution in [0, 0.1) is 0 Å². The maximum absolute atomic E-state index is 12.1. The van der Waals surface area contributed by atoms with Crippen LogP contribution in [0.25, 0.3) is 22.8 Å². The van der Waals surface area contributed by atoms with Crippen LogP contribution < -0.4 is 5.32 Å². The van der Waals surface area contributed by atoms with E-state index in [0.29, 0.717) is 0 Å². The van der Waals surface area contributed by atoms with Crippen molar-refractivity contribution in [2.45, 2.75) is 0 Å². The number of nitrogens with one attached hydrogen (secondary N) is 1. The summed E-state index contributed by atoms with van der Waals surface area (Å²) in [4.78, 5) is 13.2. The fourth-order valence-electron chi connectivity index (χ4n) is 2.63. The van der Waals surface area contributed by atoms with E-state index >= 15 is 0 Å². The summed E-state index contributed by atoms with van der Waals surface area (Å²) >= 11 is 1.65. The van der Waals surface area contributed by atoms with E-state index in [1.165, 1.54) is 11.1 Å². The van der Waals surface area contributed by atoms with E-state index in [4.69, 9.17) is 0 Å². The van der Waals surface area contributed by atoms with Gasteiger partial charge in [-0.05, 0) is 34.7 Å². The SMILES string of the molecule is O=C1Nc2ccccc2C1=Cc1cc(-c2ccccc2)cs1. The highest BCUT2D eigenvalue weighted by Crippen LogP contribution is 2.34. The van der Waals surface area contributed by atoms with E-state index in [0.717, 1.165) is 21.7 Å². The Balaban J connectivity index is 1.72. The smallest absolute Gasteiger partial charge is 0.256 e. The standard InChI is InChI=1S/C19H13NOS/c21-19-17(16-8-4-5-9-18(16)20-19)11-15-10-14(12-22-15)13-6-2-1-3-7-13/h1-12H,(H,20,21). The van der Waals surface area contributed by atoms with Gasteiger partial charge in [-0.25, -0.2) is 0 Å². The van der Waals surface area contributed by atoms with E-state index in [1.807, 2.05) is 48.5 Å². The molecule has 4 rings (SSSR count). The molecule has 0 radical (unpaired) electrons. The fourth-order valence-corrected chi connectivity index (χ4v) is 3.48. The lowest BCUT2D eigenvalue weighted by Gasteiger charge is -1.96. The van der Waals surface area contributed by atoms with Gasteiger partial charge in [-0.15, -0.1) is 11.3 Å². The van der Waals surface area contributed by atoms with Crippen LogP contribution in [0.1, 0.15) is 10.4 Å². The monoisotopic (exact) mass is 303 g/mol. The number of rotatable bonds is 2.